The number of rotatable bonds is 7. The summed E-state index contributed by atoms with van der Waals surface area (Å²) in [6.45, 7) is 13.4. The molecule has 11 heteroatoms. The van der Waals surface area contributed by atoms with Crippen LogP contribution in [0.15, 0.2) is 47.2 Å². The Hall–Kier alpha value is -3.02. The number of nitrogens with zero attached hydrogens (tertiary/aromatic N) is 5. The highest BCUT2D eigenvalue weighted by Gasteiger charge is 2.54. The van der Waals surface area contributed by atoms with E-state index in [-0.39, 0.29) is 5.04 Å². The van der Waals surface area contributed by atoms with Crippen molar-refractivity contribution in [3.8, 4) is 17.3 Å². The molecule has 1 aromatic carbocycles. The number of hydrogen-bond acceptors (Lipinski definition) is 6. The van der Waals surface area contributed by atoms with Crippen molar-refractivity contribution >= 4 is 36.0 Å². The van der Waals surface area contributed by atoms with Crippen molar-refractivity contribution in [3.63, 3.8) is 0 Å². The molecular formula is C28H35BrN6O3Si. The van der Waals surface area contributed by atoms with Crippen molar-refractivity contribution in [3.05, 3.63) is 64.1 Å². The van der Waals surface area contributed by atoms with Crippen LogP contribution in [0.5, 0.6) is 5.88 Å². The van der Waals surface area contributed by atoms with Gasteiger partial charge in [-0.05, 0) is 65.5 Å². The van der Waals surface area contributed by atoms with Crippen LogP contribution in [0.4, 0.5) is 4.79 Å². The van der Waals surface area contributed by atoms with E-state index in [2.05, 4.69) is 65.2 Å². The lowest BCUT2D eigenvalue weighted by atomic mass is 10.1. The number of aromatic nitrogens is 5. The summed E-state index contributed by atoms with van der Waals surface area (Å²) < 4.78 is 17.0. The van der Waals surface area contributed by atoms with E-state index in [1.807, 2.05) is 49.0 Å². The van der Waals surface area contributed by atoms with E-state index in [1.54, 1.807) is 16.8 Å². The first-order valence-electron chi connectivity index (χ1n) is 13.1. The third kappa shape index (κ3) is 5.39. The standard InChI is InChI=1S/C28H35BrN6O3Si/c1-18-23(29)25-32-21(28(11-12-28)38-39(6,7)27(2,3)4)16-22(35(25)33-18)37-26(36)31-17-19-9-8-10-20(15-19)24-30-13-14-34(24)5/h8-10,13-16H,11-12,17H2,1-7H3,(H,31,36). The highest BCUT2D eigenvalue weighted by Crippen LogP contribution is 2.54. The zero-order chi connectivity index (χ0) is 28.2. The Bertz CT molecular complexity index is 1550. The summed E-state index contributed by atoms with van der Waals surface area (Å²) in [5.74, 6) is 1.16. The number of carbonyl (C=O) groups is 1. The Kier molecular flexibility index (Phi) is 6.97. The van der Waals surface area contributed by atoms with Crippen LogP contribution in [-0.2, 0) is 23.6 Å². The fraction of sp³-hybridized carbons (Fsp3) is 0.429. The Balaban J connectivity index is 1.38. The molecular weight excluding hydrogens is 576 g/mol. The first kappa shape index (κ1) is 27.5. The van der Waals surface area contributed by atoms with E-state index >= 15 is 0 Å². The molecule has 1 saturated carbocycles. The molecule has 0 atom stereocenters. The average molecular weight is 612 g/mol. The van der Waals surface area contributed by atoms with E-state index in [4.69, 9.17) is 14.1 Å². The first-order chi connectivity index (χ1) is 18.3. The zero-order valence-corrected chi connectivity index (χ0v) is 26.1. The highest BCUT2D eigenvalue weighted by atomic mass is 79.9. The van der Waals surface area contributed by atoms with Gasteiger partial charge >= 0.3 is 6.09 Å². The molecule has 0 radical (unpaired) electrons. The molecule has 3 aromatic heterocycles. The number of nitrogens with one attached hydrogen (secondary N) is 1. The fourth-order valence-corrected chi connectivity index (χ4v) is 6.24. The number of ether oxygens (including phenoxy) is 1. The molecule has 1 fully saturated rings. The molecule has 206 valence electrons. The van der Waals surface area contributed by atoms with Crippen molar-refractivity contribution in [1.29, 1.82) is 0 Å². The second-order valence-electron chi connectivity index (χ2n) is 11.8. The second kappa shape index (κ2) is 9.87. The van der Waals surface area contributed by atoms with Gasteiger partial charge in [-0.3, -0.25) is 0 Å². The van der Waals surface area contributed by atoms with Gasteiger partial charge in [0.2, 0.25) is 5.88 Å². The number of fused-ring (bicyclic) bond motifs is 1. The van der Waals surface area contributed by atoms with Gasteiger partial charge in [0.25, 0.3) is 0 Å². The Morgan fingerprint density at radius 3 is 2.62 bits per heavy atom. The number of benzene rings is 1. The maximum absolute atomic E-state index is 13.0. The number of carbonyl (C=O) groups excluding carboxylic acids is 1. The summed E-state index contributed by atoms with van der Waals surface area (Å²) in [5, 5.41) is 7.48. The fourth-order valence-electron chi connectivity index (χ4n) is 4.31. The van der Waals surface area contributed by atoms with Gasteiger partial charge in [0, 0.05) is 37.6 Å². The van der Waals surface area contributed by atoms with Crippen molar-refractivity contribution < 1.29 is 14.0 Å². The Labute approximate surface area is 238 Å². The zero-order valence-electron chi connectivity index (χ0n) is 23.5. The molecule has 1 aliphatic rings. The summed E-state index contributed by atoms with van der Waals surface area (Å²) in [7, 11) is -0.113. The van der Waals surface area contributed by atoms with Crippen LogP contribution in [0, 0.1) is 6.92 Å². The molecule has 4 aromatic rings. The van der Waals surface area contributed by atoms with Gasteiger partial charge in [-0.15, -0.1) is 0 Å². The highest BCUT2D eigenvalue weighted by molar-refractivity contribution is 9.10. The van der Waals surface area contributed by atoms with Crippen molar-refractivity contribution in [2.24, 2.45) is 7.05 Å². The molecule has 0 bridgehead atoms. The minimum Gasteiger partial charge on any atom is -0.406 e. The summed E-state index contributed by atoms with van der Waals surface area (Å²) in [6.07, 6.45) is 4.85. The predicted octanol–water partition coefficient (Wildman–Crippen LogP) is 6.50. The summed E-state index contributed by atoms with van der Waals surface area (Å²) >= 11 is 3.61. The second-order valence-corrected chi connectivity index (χ2v) is 17.3. The molecule has 1 aliphatic carbocycles. The maximum Gasteiger partial charge on any atom is 0.414 e. The van der Waals surface area contributed by atoms with Gasteiger partial charge in [0.15, 0.2) is 14.0 Å². The monoisotopic (exact) mass is 610 g/mol. The van der Waals surface area contributed by atoms with Crippen LogP contribution in [-0.4, -0.2) is 38.6 Å². The largest absolute Gasteiger partial charge is 0.414 e. The van der Waals surface area contributed by atoms with Crippen LogP contribution in [0.1, 0.15) is 50.6 Å². The number of halogens is 1. The Morgan fingerprint density at radius 2 is 1.97 bits per heavy atom. The minimum atomic E-state index is -2.06. The molecule has 39 heavy (non-hydrogen) atoms. The van der Waals surface area contributed by atoms with Crippen LogP contribution < -0.4 is 10.1 Å². The minimum absolute atomic E-state index is 0.0628. The number of amides is 1. The lowest BCUT2D eigenvalue weighted by Gasteiger charge is -2.39. The lowest BCUT2D eigenvalue weighted by molar-refractivity contribution is 0.153. The summed E-state index contributed by atoms with van der Waals surface area (Å²) in [5.41, 5.74) is 3.56. The van der Waals surface area contributed by atoms with Gasteiger partial charge in [-0.1, -0.05) is 39.0 Å². The normalized spacial score (nSPS) is 15.0. The van der Waals surface area contributed by atoms with Gasteiger partial charge in [0.05, 0.1) is 21.5 Å². The maximum atomic E-state index is 13.0. The van der Waals surface area contributed by atoms with Crippen molar-refractivity contribution in [2.75, 3.05) is 0 Å². The van der Waals surface area contributed by atoms with Crippen LogP contribution in [0.25, 0.3) is 17.0 Å². The van der Waals surface area contributed by atoms with Gasteiger partial charge in [-0.2, -0.15) is 9.61 Å². The van der Waals surface area contributed by atoms with Gasteiger partial charge < -0.3 is 19.0 Å². The molecule has 0 aliphatic heterocycles. The van der Waals surface area contributed by atoms with Gasteiger partial charge in [-0.25, -0.2) is 14.8 Å². The van der Waals surface area contributed by atoms with Crippen molar-refractivity contribution in [2.45, 2.75) is 70.8 Å². The van der Waals surface area contributed by atoms with E-state index in [0.717, 1.165) is 45.7 Å². The number of aryl methyl sites for hydroxylation is 2. The predicted molar refractivity (Wildman–Crippen MR) is 156 cm³/mol. The van der Waals surface area contributed by atoms with E-state index in [1.165, 1.54) is 0 Å². The van der Waals surface area contributed by atoms with Crippen LogP contribution >= 0.6 is 15.9 Å². The van der Waals surface area contributed by atoms with Crippen LogP contribution in [0.3, 0.4) is 0 Å². The van der Waals surface area contributed by atoms with Crippen LogP contribution in [0.2, 0.25) is 18.1 Å². The van der Waals surface area contributed by atoms with Gasteiger partial charge in [0.1, 0.15) is 5.82 Å². The molecule has 9 nitrogen and oxygen atoms in total. The third-order valence-corrected chi connectivity index (χ3v) is 13.2. The number of hydrogen-bond donors (Lipinski definition) is 1. The number of imidazole rings is 1. The smallest absolute Gasteiger partial charge is 0.406 e. The van der Waals surface area contributed by atoms with Crippen molar-refractivity contribution in [1.82, 2.24) is 29.5 Å². The Morgan fingerprint density at radius 1 is 1.23 bits per heavy atom. The summed E-state index contributed by atoms with van der Waals surface area (Å²) in [6, 6.07) is 9.71. The molecule has 1 N–H and O–H groups in total. The van der Waals surface area contributed by atoms with E-state index < -0.39 is 20.0 Å². The molecule has 0 saturated heterocycles. The molecule has 0 unspecified atom stereocenters. The topological polar surface area (TPSA) is 95.6 Å². The summed E-state index contributed by atoms with van der Waals surface area (Å²) in [4.78, 5) is 22.3. The molecule has 1 amide bonds. The van der Waals surface area contributed by atoms with E-state index in [0.29, 0.717) is 18.1 Å². The first-order valence-corrected chi connectivity index (χ1v) is 16.8. The molecule has 0 spiro atoms. The molecule has 3 heterocycles. The lowest BCUT2D eigenvalue weighted by Crippen LogP contribution is -2.44. The quantitative estimate of drug-likeness (QED) is 0.240. The SMILES string of the molecule is Cc1nn2c(OC(=O)NCc3cccc(-c4nccn4C)c3)cc(C3(O[Si](C)(C)C(C)(C)C)CC3)nc2c1Br. The average Bonchev–Trinajstić information content (AvgIpc) is 3.41. The van der Waals surface area contributed by atoms with E-state index in [9.17, 15) is 4.79 Å². The third-order valence-electron chi connectivity index (χ3n) is 7.73. The molecule has 5 rings (SSSR count).